The third-order valence-corrected chi connectivity index (χ3v) is 6.52. The fourth-order valence-electron chi connectivity index (χ4n) is 3.98. The molecule has 0 amide bonds. The highest BCUT2D eigenvalue weighted by Gasteiger charge is 2.21. The predicted octanol–water partition coefficient (Wildman–Crippen LogP) is 6.24. The quantitative estimate of drug-likeness (QED) is 0.265. The van der Waals surface area contributed by atoms with E-state index in [4.69, 9.17) is 7.57 Å². The molecule has 2 heteroatoms. The van der Waals surface area contributed by atoms with Gasteiger partial charge in [0.05, 0.1) is 0 Å². The summed E-state index contributed by atoms with van der Waals surface area (Å²) in [7, 11) is 6.02. The summed E-state index contributed by atoms with van der Waals surface area (Å²) < 4.78 is 0. The first-order valence-electron chi connectivity index (χ1n) is 8.32. The Balaban J connectivity index is 2.00. The Bertz CT molecular complexity index is 996. The molecule has 0 atom stereocenters. The van der Waals surface area contributed by atoms with Gasteiger partial charge in [-0.05, 0) is 56.1 Å². The van der Waals surface area contributed by atoms with E-state index in [2.05, 4.69) is 72.8 Å². The molecule has 0 aromatic heterocycles. The molecule has 0 nitrogen and oxygen atoms in total. The Kier molecular flexibility index (Phi) is 3.25. The second kappa shape index (κ2) is 5.47. The maximum absolute atomic E-state index is 6.52. The van der Waals surface area contributed by atoms with Crippen molar-refractivity contribution >= 4 is 36.9 Å². The van der Waals surface area contributed by atoms with Gasteiger partial charge < -0.3 is 0 Å². The third kappa shape index (κ3) is 2.12. The largest absolute Gasteiger partial charge is 0.148 e. The topological polar surface area (TPSA) is 0 Å². The molecule has 0 bridgehead atoms. The fraction of sp³-hybridized carbons (Fsp3) is 0.0909. The van der Waals surface area contributed by atoms with Crippen molar-refractivity contribution in [1.29, 1.82) is 0 Å². The van der Waals surface area contributed by atoms with Crippen molar-refractivity contribution in [3.05, 3.63) is 83.9 Å². The number of rotatable bonds is 0. The van der Waals surface area contributed by atoms with Gasteiger partial charge in [-0.3, -0.25) is 0 Å². The number of hydrogen-bond donors (Lipinski definition) is 0. The number of hydrogen-bond acceptors (Lipinski definition) is 0. The molecule has 0 fully saturated rings. The zero-order chi connectivity index (χ0) is 16.1. The van der Waals surface area contributed by atoms with Crippen molar-refractivity contribution < 1.29 is 0 Å². The molecular formula is C22H16BP. The molecule has 0 saturated carbocycles. The van der Waals surface area contributed by atoms with Gasteiger partial charge in [-0.15, -0.1) is 7.80 Å². The first-order chi connectivity index (χ1) is 11.8. The minimum Gasteiger partial charge on any atom is -0.148 e. The van der Waals surface area contributed by atoms with Crippen LogP contribution in [-0.2, 0) is 12.3 Å². The molecule has 2 radical (unpaired) electrons. The van der Waals surface area contributed by atoms with Crippen LogP contribution in [0.15, 0.2) is 72.8 Å². The smallest absolute Gasteiger partial charge is 0.109 e. The maximum atomic E-state index is 6.52. The third-order valence-electron chi connectivity index (χ3n) is 5.03. The highest BCUT2D eigenvalue weighted by atomic mass is 31.1. The zero-order valence-electron chi connectivity index (χ0n) is 13.4. The summed E-state index contributed by atoms with van der Waals surface area (Å²) in [6, 6.07) is 26.5. The van der Waals surface area contributed by atoms with E-state index in [0.29, 0.717) is 0 Å². The van der Waals surface area contributed by atoms with Crippen LogP contribution in [-0.4, -0.2) is 7.57 Å². The van der Waals surface area contributed by atoms with E-state index in [9.17, 15) is 0 Å². The Hall–Kier alpha value is -2.11. The van der Waals surface area contributed by atoms with Gasteiger partial charge in [0.25, 0.3) is 0 Å². The van der Waals surface area contributed by atoms with Gasteiger partial charge >= 0.3 is 0 Å². The van der Waals surface area contributed by atoms with Crippen molar-refractivity contribution in [2.45, 2.75) is 12.3 Å². The van der Waals surface area contributed by atoms with E-state index in [-0.39, 0.29) is 0 Å². The zero-order valence-corrected chi connectivity index (χ0v) is 14.3. The Morgan fingerprint density at radius 1 is 0.583 bits per heavy atom. The van der Waals surface area contributed by atoms with Crippen LogP contribution in [0.1, 0.15) is 11.1 Å². The molecule has 4 aromatic rings. The summed E-state index contributed by atoms with van der Waals surface area (Å²) in [5.74, 6) is 0. The number of benzene rings is 4. The Morgan fingerprint density at radius 3 is 1.54 bits per heavy atom. The molecule has 0 unspecified atom stereocenters. The van der Waals surface area contributed by atoms with Crippen LogP contribution in [0.4, 0.5) is 0 Å². The molecule has 0 spiro atoms. The van der Waals surface area contributed by atoms with Crippen molar-refractivity contribution in [1.82, 2.24) is 0 Å². The van der Waals surface area contributed by atoms with Crippen LogP contribution in [0.3, 0.4) is 0 Å². The molecule has 1 aliphatic rings. The summed E-state index contributed by atoms with van der Waals surface area (Å²) >= 11 is 0. The first-order valence-corrected chi connectivity index (χ1v) is 10.1. The second-order valence-electron chi connectivity index (χ2n) is 6.55. The molecule has 1 aliphatic heterocycles. The summed E-state index contributed by atoms with van der Waals surface area (Å²) in [6.07, 6.45) is 2.00. The fourth-order valence-corrected chi connectivity index (χ4v) is 5.49. The van der Waals surface area contributed by atoms with Gasteiger partial charge in [-0.1, -0.05) is 72.8 Å². The van der Waals surface area contributed by atoms with Crippen molar-refractivity contribution in [2.24, 2.45) is 0 Å². The van der Waals surface area contributed by atoms with Gasteiger partial charge in [0.15, 0.2) is 0 Å². The lowest BCUT2D eigenvalue weighted by Crippen LogP contribution is -1.92. The van der Waals surface area contributed by atoms with Gasteiger partial charge in [-0.25, -0.2) is 0 Å². The summed E-state index contributed by atoms with van der Waals surface area (Å²) in [6.45, 7) is 0. The molecule has 0 saturated heterocycles. The molecule has 1 heterocycles. The van der Waals surface area contributed by atoms with E-state index >= 15 is 0 Å². The Labute approximate surface area is 144 Å². The van der Waals surface area contributed by atoms with Crippen LogP contribution >= 0.6 is 7.80 Å². The minimum atomic E-state index is -0.502. The number of fused-ring (bicyclic) bond motifs is 7. The maximum Gasteiger partial charge on any atom is 0.109 e. The van der Waals surface area contributed by atoms with E-state index in [1.54, 1.807) is 0 Å². The van der Waals surface area contributed by atoms with E-state index < -0.39 is 7.80 Å². The van der Waals surface area contributed by atoms with Crippen molar-refractivity contribution in [3.63, 3.8) is 0 Å². The highest BCUT2D eigenvalue weighted by molar-refractivity contribution is 7.80. The van der Waals surface area contributed by atoms with Crippen molar-refractivity contribution in [2.75, 3.05) is 0 Å². The molecular weight excluding hydrogens is 306 g/mol. The highest BCUT2D eigenvalue weighted by Crippen LogP contribution is 2.50. The lowest BCUT2D eigenvalue weighted by Gasteiger charge is -2.16. The van der Waals surface area contributed by atoms with Gasteiger partial charge in [0.2, 0.25) is 0 Å². The van der Waals surface area contributed by atoms with E-state index in [1.165, 1.54) is 43.8 Å². The standard InChI is InChI=1S/C22H16BP/c23-24-13-17-11-9-15-5-1-3-7-19(15)21(17)22-18(14-24)12-10-16-6-2-4-8-20(16)22/h1-12H,13-14H2. The normalized spacial score (nSPS) is 14.3. The van der Waals surface area contributed by atoms with Crippen LogP contribution in [0.5, 0.6) is 0 Å². The molecule has 24 heavy (non-hydrogen) atoms. The van der Waals surface area contributed by atoms with Gasteiger partial charge in [-0.2, -0.15) is 0 Å². The van der Waals surface area contributed by atoms with Crippen LogP contribution in [0.25, 0.3) is 32.7 Å². The summed E-state index contributed by atoms with van der Waals surface area (Å²) in [4.78, 5) is 0. The van der Waals surface area contributed by atoms with Gasteiger partial charge in [0, 0.05) is 0 Å². The summed E-state index contributed by atoms with van der Waals surface area (Å²) in [5.41, 5.74) is 5.60. The summed E-state index contributed by atoms with van der Waals surface area (Å²) in [5, 5.41) is 5.30. The minimum absolute atomic E-state index is 0.502. The Morgan fingerprint density at radius 2 is 1.04 bits per heavy atom. The van der Waals surface area contributed by atoms with Gasteiger partial charge in [0.1, 0.15) is 7.57 Å². The molecule has 112 valence electrons. The average molecular weight is 322 g/mol. The SMILES string of the molecule is [B]P1Cc2ccc3ccccc3c2-c2c(ccc3ccccc23)C1. The average Bonchev–Trinajstić information content (AvgIpc) is 2.77. The lowest BCUT2D eigenvalue weighted by atomic mass is 9.88. The second-order valence-corrected chi connectivity index (χ2v) is 8.36. The molecule has 5 rings (SSSR count). The molecule has 0 N–H and O–H groups in total. The molecule has 0 aliphatic carbocycles. The van der Waals surface area contributed by atoms with E-state index in [1.807, 2.05) is 0 Å². The van der Waals surface area contributed by atoms with Crippen LogP contribution in [0.2, 0.25) is 0 Å². The predicted molar refractivity (Wildman–Crippen MR) is 107 cm³/mol. The van der Waals surface area contributed by atoms with E-state index in [0.717, 1.165) is 12.3 Å². The first kappa shape index (κ1) is 14.3. The van der Waals surface area contributed by atoms with Crippen LogP contribution in [0, 0.1) is 0 Å². The van der Waals surface area contributed by atoms with Crippen LogP contribution < -0.4 is 0 Å². The van der Waals surface area contributed by atoms with Crippen molar-refractivity contribution in [3.8, 4) is 11.1 Å². The monoisotopic (exact) mass is 322 g/mol. The lowest BCUT2D eigenvalue weighted by molar-refractivity contribution is 1.41. The molecule has 4 aromatic carbocycles.